The van der Waals surface area contributed by atoms with E-state index in [2.05, 4.69) is 5.32 Å². The first-order valence-electron chi connectivity index (χ1n) is 8.55. The molecule has 2 aliphatic rings. The Hall–Kier alpha value is -1.80. The topological polar surface area (TPSA) is 86.7 Å². The number of halogens is 3. The molecule has 9 heteroatoms. The zero-order valence-corrected chi connectivity index (χ0v) is 13.8. The fraction of sp³-hybridized carbons (Fsp3) is 0.812. The highest BCUT2D eigenvalue weighted by molar-refractivity contribution is 5.89. The summed E-state index contributed by atoms with van der Waals surface area (Å²) in [7, 11) is 0. The van der Waals surface area contributed by atoms with Crippen LogP contribution in [0.1, 0.15) is 44.9 Å². The highest BCUT2D eigenvalue weighted by Gasteiger charge is 2.41. The fourth-order valence-electron chi connectivity index (χ4n) is 3.57. The van der Waals surface area contributed by atoms with Crippen molar-refractivity contribution in [2.45, 2.75) is 57.2 Å². The largest absolute Gasteiger partial charge is 0.481 e. The SMILES string of the molecule is O=C(NC1CCCCCCC1C(=O)O)C1CC(=O)N(CC(F)(F)F)C1. The molecule has 1 aliphatic heterocycles. The normalized spacial score (nSPS) is 28.4. The van der Waals surface area contributed by atoms with Crippen molar-refractivity contribution in [3.8, 4) is 0 Å². The second-order valence-electron chi connectivity index (χ2n) is 6.84. The first kappa shape index (κ1) is 19.5. The minimum atomic E-state index is -4.50. The Kier molecular flexibility index (Phi) is 6.29. The zero-order valence-electron chi connectivity index (χ0n) is 13.8. The van der Waals surface area contributed by atoms with Gasteiger partial charge in [0.2, 0.25) is 11.8 Å². The molecule has 3 unspecified atom stereocenters. The van der Waals surface area contributed by atoms with Gasteiger partial charge in [0.15, 0.2) is 0 Å². The first-order valence-corrected chi connectivity index (χ1v) is 8.55. The lowest BCUT2D eigenvalue weighted by Crippen LogP contribution is -2.46. The Morgan fingerprint density at radius 2 is 1.80 bits per heavy atom. The number of hydrogen-bond acceptors (Lipinski definition) is 3. The molecule has 142 valence electrons. The molecule has 6 nitrogen and oxygen atoms in total. The van der Waals surface area contributed by atoms with Crippen LogP contribution < -0.4 is 5.32 Å². The van der Waals surface area contributed by atoms with Crippen LogP contribution >= 0.6 is 0 Å². The molecular weight excluding hydrogens is 341 g/mol. The molecule has 0 aromatic heterocycles. The zero-order chi connectivity index (χ0) is 18.6. The number of carboxylic acids is 1. The molecule has 2 fully saturated rings. The van der Waals surface area contributed by atoms with E-state index in [1.54, 1.807) is 0 Å². The Balaban J connectivity index is 1.97. The first-order chi connectivity index (χ1) is 11.7. The van der Waals surface area contributed by atoms with Crippen molar-refractivity contribution in [2.75, 3.05) is 13.1 Å². The predicted molar refractivity (Wildman–Crippen MR) is 81.5 cm³/mol. The summed E-state index contributed by atoms with van der Waals surface area (Å²) in [4.78, 5) is 36.1. The number of carbonyl (C=O) groups is 3. The van der Waals surface area contributed by atoms with Crippen molar-refractivity contribution in [1.82, 2.24) is 10.2 Å². The average molecular weight is 364 g/mol. The molecule has 2 amide bonds. The van der Waals surface area contributed by atoms with E-state index in [1.165, 1.54) is 0 Å². The summed E-state index contributed by atoms with van der Waals surface area (Å²) in [5, 5.41) is 12.1. The van der Waals surface area contributed by atoms with E-state index in [9.17, 15) is 32.7 Å². The third kappa shape index (κ3) is 5.61. The molecule has 25 heavy (non-hydrogen) atoms. The Morgan fingerprint density at radius 3 is 2.40 bits per heavy atom. The quantitative estimate of drug-likeness (QED) is 0.798. The number of nitrogens with zero attached hydrogens (tertiary/aromatic N) is 1. The number of likely N-dealkylation sites (tertiary alicyclic amines) is 1. The Morgan fingerprint density at radius 1 is 1.16 bits per heavy atom. The molecule has 1 aliphatic carbocycles. The lowest BCUT2D eigenvalue weighted by atomic mass is 9.86. The van der Waals surface area contributed by atoms with Gasteiger partial charge in [0, 0.05) is 19.0 Å². The van der Waals surface area contributed by atoms with Crippen LogP contribution in [-0.4, -0.2) is 53.1 Å². The van der Waals surface area contributed by atoms with Gasteiger partial charge in [0.25, 0.3) is 0 Å². The highest BCUT2D eigenvalue weighted by atomic mass is 19.4. The molecule has 0 spiro atoms. The minimum Gasteiger partial charge on any atom is -0.481 e. The maximum atomic E-state index is 12.4. The van der Waals surface area contributed by atoms with Crippen molar-refractivity contribution in [3.63, 3.8) is 0 Å². The van der Waals surface area contributed by atoms with Crippen LogP contribution in [0.2, 0.25) is 0 Å². The van der Waals surface area contributed by atoms with Gasteiger partial charge in [-0.15, -0.1) is 0 Å². The van der Waals surface area contributed by atoms with E-state index in [0.29, 0.717) is 17.7 Å². The van der Waals surface area contributed by atoms with Crippen LogP contribution in [0.15, 0.2) is 0 Å². The monoisotopic (exact) mass is 364 g/mol. The molecule has 1 heterocycles. The molecule has 0 bridgehead atoms. The van der Waals surface area contributed by atoms with Crippen molar-refractivity contribution in [2.24, 2.45) is 11.8 Å². The van der Waals surface area contributed by atoms with Crippen LogP contribution in [0.4, 0.5) is 13.2 Å². The lowest BCUT2D eigenvalue weighted by molar-refractivity contribution is -0.157. The molecule has 0 aromatic rings. The van der Waals surface area contributed by atoms with Gasteiger partial charge in [-0.3, -0.25) is 14.4 Å². The standard InChI is InChI=1S/C16H23F3N2O4/c17-16(18,19)9-21-8-10(7-13(21)22)14(23)20-12-6-4-2-1-3-5-11(12)15(24)25/h10-12H,1-9H2,(H,20,23)(H,24,25). The summed E-state index contributed by atoms with van der Waals surface area (Å²) in [5.74, 6) is -3.78. The van der Waals surface area contributed by atoms with Crippen molar-refractivity contribution >= 4 is 17.8 Å². The second-order valence-corrected chi connectivity index (χ2v) is 6.84. The van der Waals surface area contributed by atoms with E-state index < -0.39 is 48.4 Å². The highest BCUT2D eigenvalue weighted by Crippen LogP contribution is 2.26. The number of amides is 2. The van der Waals surface area contributed by atoms with Crippen LogP contribution in [0.3, 0.4) is 0 Å². The Labute approximate surface area is 143 Å². The molecule has 0 radical (unpaired) electrons. The smallest absolute Gasteiger partial charge is 0.406 e. The van der Waals surface area contributed by atoms with Crippen molar-refractivity contribution in [1.29, 1.82) is 0 Å². The fourth-order valence-corrected chi connectivity index (χ4v) is 3.57. The number of hydrogen-bond donors (Lipinski definition) is 2. The maximum absolute atomic E-state index is 12.4. The van der Waals surface area contributed by atoms with Crippen molar-refractivity contribution in [3.05, 3.63) is 0 Å². The van der Waals surface area contributed by atoms with Gasteiger partial charge >= 0.3 is 12.1 Å². The van der Waals surface area contributed by atoms with Gasteiger partial charge in [-0.25, -0.2) is 0 Å². The summed E-state index contributed by atoms with van der Waals surface area (Å²) in [6.07, 6.45) is -0.321. The lowest BCUT2D eigenvalue weighted by Gasteiger charge is -2.28. The van der Waals surface area contributed by atoms with Gasteiger partial charge in [0.1, 0.15) is 6.54 Å². The average Bonchev–Trinajstić information content (AvgIpc) is 2.80. The summed E-state index contributed by atoms with van der Waals surface area (Å²) in [5.41, 5.74) is 0. The van der Waals surface area contributed by atoms with E-state index in [0.717, 1.165) is 25.7 Å². The van der Waals surface area contributed by atoms with Gasteiger partial charge in [-0.1, -0.05) is 25.7 Å². The molecule has 3 atom stereocenters. The van der Waals surface area contributed by atoms with E-state index in [1.807, 2.05) is 0 Å². The third-order valence-corrected chi connectivity index (χ3v) is 4.87. The molecule has 1 saturated heterocycles. The van der Waals surface area contributed by atoms with Crippen molar-refractivity contribution < 1.29 is 32.7 Å². The number of carbonyl (C=O) groups excluding carboxylic acids is 2. The summed E-state index contributed by atoms with van der Waals surface area (Å²) >= 11 is 0. The van der Waals surface area contributed by atoms with E-state index in [4.69, 9.17) is 0 Å². The molecule has 0 aromatic carbocycles. The molecule has 2 N–H and O–H groups in total. The van der Waals surface area contributed by atoms with Crippen LogP contribution in [0.25, 0.3) is 0 Å². The molecule has 1 saturated carbocycles. The third-order valence-electron chi connectivity index (χ3n) is 4.87. The predicted octanol–water partition coefficient (Wildman–Crippen LogP) is 1.94. The Bertz CT molecular complexity index is 524. The number of carboxylic acid groups (broad SMARTS) is 1. The summed E-state index contributed by atoms with van der Waals surface area (Å²) < 4.78 is 37.3. The second kappa shape index (κ2) is 8.05. The summed E-state index contributed by atoms with van der Waals surface area (Å²) in [6, 6.07) is -0.544. The summed E-state index contributed by atoms with van der Waals surface area (Å²) in [6.45, 7) is -1.65. The number of alkyl halides is 3. The van der Waals surface area contributed by atoms with Gasteiger partial charge in [-0.05, 0) is 12.8 Å². The van der Waals surface area contributed by atoms with Gasteiger partial charge in [-0.2, -0.15) is 13.2 Å². The van der Waals surface area contributed by atoms with Gasteiger partial charge < -0.3 is 15.3 Å². The number of rotatable bonds is 4. The van der Waals surface area contributed by atoms with Gasteiger partial charge in [0.05, 0.1) is 11.8 Å². The number of nitrogens with one attached hydrogen (secondary N) is 1. The minimum absolute atomic E-state index is 0.271. The number of aliphatic carboxylic acids is 1. The van der Waals surface area contributed by atoms with E-state index >= 15 is 0 Å². The maximum Gasteiger partial charge on any atom is 0.406 e. The van der Waals surface area contributed by atoms with Crippen LogP contribution in [0.5, 0.6) is 0 Å². The molecule has 2 rings (SSSR count). The van der Waals surface area contributed by atoms with Crippen LogP contribution in [-0.2, 0) is 14.4 Å². The molecular formula is C16H23F3N2O4. The van der Waals surface area contributed by atoms with Crippen LogP contribution in [0, 0.1) is 11.8 Å². The van der Waals surface area contributed by atoms with E-state index in [-0.39, 0.29) is 13.0 Å².